The molecule has 0 aromatic heterocycles. The lowest BCUT2D eigenvalue weighted by Gasteiger charge is -2.35. The van der Waals surface area contributed by atoms with Crippen molar-refractivity contribution < 1.29 is 4.74 Å². The van der Waals surface area contributed by atoms with Crippen molar-refractivity contribution in [2.45, 2.75) is 4.87 Å². The smallest absolute Gasteiger partial charge is 0.109 e. The van der Waals surface area contributed by atoms with Crippen LogP contribution in [0.15, 0.2) is 0 Å². The maximum absolute atomic E-state index is 5.64. The largest absolute Gasteiger partial charge is 0.376 e. The van der Waals surface area contributed by atoms with Crippen LogP contribution < -0.4 is 5.73 Å². The highest BCUT2D eigenvalue weighted by atomic mass is 32.2. The van der Waals surface area contributed by atoms with Crippen LogP contribution in [-0.2, 0) is 4.74 Å². The van der Waals surface area contributed by atoms with Gasteiger partial charge in [-0.15, -0.1) is 11.8 Å². The predicted octanol–water partition coefficient (Wildman–Crippen LogP) is 0.0346. The molecule has 7 heavy (non-hydrogen) atoms. The summed E-state index contributed by atoms with van der Waals surface area (Å²) in [7, 11) is 0. The summed E-state index contributed by atoms with van der Waals surface area (Å²) in [5.74, 6) is 0. The van der Waals surface area contributed by atoms with Crippen molar-refractivity contribution in [2.24, 2.45) is 5.73 Å². The Morgan fingerprint density at radius 2 is 2.29 bits per heavy atom. The number of nitrogens with two attached hydrogens (primary N) is 1. The van der Waals surface area contributed by atoms with Gasteiger partial charge in [-0.3, -0.25) is 0 Å². The third-order valence-corrected chi connectivity index (χ3v) is 2.15. The molecule has 1 aliphatic rings. The van der Waals surface area contributed by atoms with Crippen molar-refractivity contribution in [3.63, 3.8) is 0 Å². The lowest BCUT2D eigenvalue weighted by Crippen LogP contribution is -2.54. The molecule has 3 heteroatoms. The number of hydrogen-bond donors (Lipinski definition) is 1. The van der Waals surface area contributed by atoms with Gasteiger partial charge in [0.2, 0.25) is 0 Å². The van der Waals surface area contributed by atoms with Crippen molar-refractivity contribution in [2.75, 3.05) is 19.5 Å². The SMILES string of the molecule is CSC1(N)COC1. The summed E-state index contributed by atoms with van der Waals surface area (Å²) in [5.41, 5.74) is 5.64. The molecule has 1 rings (SSSR count). The lowest BCUT2D eigenvalue weighted by molar-refractivity contribution is -0.00543. The first-order chi connectivity index (χ1) is 3.27. The molecule has 2 nitrogen and oxygen atoms in total. The van der Waals surface area contributed by atoms with E-state index in [0.717, 1.165) is 0 Å². The minimum Gasteiger partial charge on any atom is -0.376 e. The summed E-state index contributed by atoms with van der Waals surface area (Å²) in [4.78, 5) is -0.0417. The molecule has 1 fully saturated rings. The van der Waals surface area contributed by atoms with Crippen molar-refractivity contribution in [3.05, 3.63) is 0 Å². The molecule has 0 amide bonds. The second-order valence-corrected chi connectivity index (χ2v) is 2.98. The van der Waals surface area contributed by atoms with Crippen molar-refractivity contribution in [1.82, 2.24) is 0 Å². The van der Waals surface area contributed by atoms with E-state index in [0.29, 0.717) is 13.2 Å². The first-order valence-electron chi connectivity index (χ1n) is 2.19. The maximum Gasteiger partial charge on any atom is 0.109 e. The van der Waals surface area contributed by atoms with Gasteiger partial charge in [-0.1, -0.05) is 0 Å². The molecule has 0 unspecified atom stereocenters. The van der Waals surface area contributed by atoms with Gasteiger partial charge in [0.1, 0.15) is 4.87 Å². The van der Waals surface area contributed by atoms with E-state index in [2.05, 4.69) is 0 Å². The molecule has 0 spiro atoms. The molecule has 0 bridgehead atoms. The highest BCUT2D eigenvalue weighted by Crippen LogP contribution is 2.23. The van der Waals surface area contributed by atoms with Crippen LogP contribution >= 0.6 is 11.8 Å². The van der Waals surface area contributed by atoms with Gasteiger partial charge in [0.05, 0.1) is 13.2 Å². The molecule has 0 radical (unpaired) electrons. The van der Waals surface area contributed by atoms with Gasteiger partial charge in [-0.25, -0.2) is 0 Å². The average Bonchev–Trinajstić information content (AvgIpc) is 1.61. The van der Waals surface area contributed by atoms with Crippen LogP contribution in [0.4, 0.5) is 0 Å². The molecule has 1 heterocycles. The normalized spacial score (nSPS) is 26.6. The van der Waals surface area contributed by atoms with Crippen LogP contribution in [-0.4, -0.2) is 24.3 Å². The Hall–Kier alpha value is 0.270. The van der Waals surface area contributed by atoms with E-state index in [1.165, 1.54) is 0 Å². The maximum atomic E-state index is 5.64. The van der Waals surface area contributed by atoms with Gasteiger partial charge in [0, 0.05) is 0 Å². The Labute approximate surface area is 47.4 Å². The topological polar surface area (TPSA) is 35.2 Å². The van der Waals surface area contributed by atoms with Gasteiger partial charge in [0.15, 0.2) is 0 Å². The van der Waals surface area contributed by atoms with Crippen LogP contribution in [0.1, 0.15) is 0 Å². The summed E-state index contributed by atoms with van der Waals surface area (Å²) in [6, 6.07) is 0. The average molecular weight is 119 g/mol. The summed E-state index contributed by atoms with van der Waals surface area (Å²) in [6.07, 6.45) is 2.00. The van der Waals surface area contributed by atoms with Crippen LogP contribution in [0.25, 0.3) is 0 Å². The van der Waals surface area contributed by atoms with Crippen molar-refractivity contribution >= 4 is 11.8 Å². The zero-order valence-electron chi connectivity index (χ0n) is 4.31. The fourth-order valence-corrected chi connectivity index (χ4v) is 0.823. The Morgan fingerprint density at radius 3 is 2.29 bits per heavy atom. The summed E-state index contributed by atoms with van der Waals surface area (Å²) < 4.78 is 4.88. The van der Waals surface area contributed by atoms with Crippen LogP contribution in [0, 0.1) is 0 Å². The van der Waals surface area contributed by atoms with Gasteiger partial charge < -0.3 is 10.5 Å². The number of thioether (sulfide) groups is 1. The van der Waals surface area contributed by atoms with Crippen molar-refractivity contribution in [3.8, 4) is 0 Å². The van der Waals surface area contributed by atoms with Gasteiger partial charge >= 0.3 is 0 Å². The zero-order valence-corrected chi connectivity index (χ0v) is 5.12. The van der Waals surface area contributed by atoms with Gasteiger partial charge in [0.25, 0.3) is 0 Å². The first kappa shape index (κ1) is 5.41. The van der Waals surface area contributed by atoms with Gasteiger partial charge in [-0.2, -0.15) is 0 Å². The summed E-state index contributed by atoms with van der Waals surface area (Å²) in [5, 5.41) is 0. The molecule has 2 N–H and O–H groups in total. The summed E-state index contributed by atoms with van der Waals surface area (Å²) in [6.45, 7) is 1.43. The van der Waals surface area contributed by atoms with E-state index < -0.39 is 0 Å². The molecule has 1 saturated heterocycles. The minimum atomic E-state index is -0.0417. The van der Waals surface area contributed by atoms with E-state index in [1.54, 1.807) is 11.8 Å². The van der Waals surface area contributed by atoms with E-state index >= 15 is 0 Å². The van der Waals surface area contributed by atoms with E-state index in [4.69, 9.17) is 10.5 Å². The molecule has 42 valence electrons. The van der Waals surface area contributed by atoms with E-state index in [-0.39, 0.29) is 4.87 Å². The Bertz CT molecular complexity index is 66.6. The lowest BCUT2D eigenvalue weighted by atomic mass is 10.3. The molecule has 0 atom stereocenters. The Balaban J connectivity index is 2.29. The van der Waals surface area contributed by atoms with Crippen LogP contribution in [0.2, 0.25) is 0 Å². The zero-order chi connectivity index (χ0) is 5.33. The van der Waals surface area contributed by atoms with Crippen LogP contribution in [0.5, 0.6) is 0 Å². The second-order valence-electron chi connectivity index (χ2n) is 1.76. The number of rotatable bonds is 1. The quantitative estimate of drug-likeness (QED) is 0.495. The highest BCUT2D eigenvalue weighted by Gasteiger charge is 2.32. The fraction of sp³-hybridized carbons (Fsp3) is 1.00. The third kappa shape index (κ3) is 0.900. The highest BCUT2D eigenvalue weighted by molar-refractivity contribution is 8.00. The second kappa shape index (κ2) is 1.65. The molecule has 0 aromatic carbocycles. The Morgan fingerprint density at radius 1 is 1.71 bits per heavy atom. The molecule has 0 saturated carbocycles. The Kier molecular flexibility index (Phi) is 1.28. The van der Waals surface area contributed by atoms with Crippen molar-refractivity contribution in [1.29, 1.82) is 0 Å². The monoisotopic (exact) mass is 119 g/mol. The standard InChI is InChI=1S/C4H9NOS/c1-7-4(5)2-6-3-4/h2-3,5H2,1H3. The van der Waals surface area contributed by atoms with Gasteiger partial charge in [-0.05, 0) is 6.26 Å². The molecule has 1 aliphatic heterocycles. The number of hydrogen-bond acceptors (Lipinski definition) is 3. The third-order valence-electron chi connectivity index (χ3n) is 1.10. The first-order valence-corrected chi connectivity index (χ1v) is 3.41. The van der Waals surface area contributed by atoms with Crippen LogP contribution in [0.3, 0.4) is 0 Å². The van der Waals surface area contributed by atoms with E-state index in [9.17, 15) is 0 Å². The number of ether oxygens (including phenoxy) is 1. The van der Waals surface area contributed by atoms with E-state index in [1.807, 2.05) is 6.26 Å². The molecular formula is C4H9NOS. The molecule has 0 aromatic rings. The molecule has 0 aliphatic carbocycles. The minimum absolute atomic E-state index is 0.0417. The predicted molar refractivity (Wildman–Crippen MR) is 31.3 cm³/mol. The molecular weight excluding hydrogens is 110 g/mol. The summed E-state index contributed by atoms with van der Waals surface area (Å²) >= 11 is 1.67. The fourth-order valence-electron chi connectivity index (χ4n) is 0.421.